The molecule has 0 aliphatic carbocycles. The number of aromatic nitrogens is 2. The number of rotatable bonds is 8. The number of carbonyl (C=O) groups excluding carboxylic acids is 1. The SMILES string of the molecule is CCCOc1ccc(OCC(=O)N2CCN(c3ccc(-c4cc(C)c(C)cc4C)nn3)CC2)cc1. The van der Waals surface area contributed by atoms with Crippen LogP contribution in [0.5, 0.6) is 11.5 Å². The van der Waals surface area contributed by atoms with Gasteiger partial charge in [-0.15, -0.1) is 10.2 Å². The van der Waals surface area contributed by atoms with E-state index in [4.69, 9.17) is 9.47 Å². The van der Waals surface area contributed by atoms with E-state index in [1.807, 2.05) is 41.3 Å². The highest BCUT2D eigenvalue weighted by Gasteiger charge is 2.22. The molecule has 0 N–H and O–H groups in total. The van der Waals surface area contributed by atoms with Gasteiger partial charge in [-0.25, -0.2) is 0 Å². The highest BCUT2D eigenvalue weighted by molar-refractivity contribution is 5.78. The predicted octanol–water partition coefficient (Wildman–Crippen LogP) is 4.59. The molecule has 0 saturated carbocycles. The number of ether oxygens (including phenoxy) is 2. The molecule has 1 aliphatic rings. The lowest BCUT2D eigenvalue weighted by Gasteiger charge is -2.35. The number of carbonyl (C=O) groups is 1. The molecule has 2 aromatic carbocycles. The molecule has 4 rings (SSSR count). The van der Waals surface area contributed by atoms with Crippen LogP contribution in [0.2, 0.25) is 0 Å². The van der Waals surface area contributed by atoms with Crippen molar-refractivity contribution in [3.63, 3.8) is 0 Å². The third-order valence-corrected chi connectivity index (χ3v) is 6.38. The fraction of sp³-hybridized carbons (Fsp3) is 0.393. The standard InChI is InChI=1S/C28H34N4O3/c1-5-16-34-23-6-8-24(9-7-23)35-19-28(33)32-14-12-31(13-15-32)27-11-10-26(29-30-27)25-18-21(3)20(2)17-22(25)4/h6-11,17-18H,5,12-16,19H2,1-4H3. The number of aryl methyl sites for hydroxylation is 3. The first-order chi connectivity index (χ1) is 16.9. The van der Waals surface area contributed by atoms with Gasteiger partial charge in [0.2, 0.25) is 0 Å². The zero-order chi connectivity index (χ0) is 24.8. The van der Waals surface area contributed by atoms with Gasteiger partial charge in [-0.3, -0.25) is 4.79 Å². The quantitative estimate of drug-likeness (QED) is 0.476. The van der Waals surface area contributed by atoms with Crippen molar-refractivity contribution in [2.24, 2.45) is 0 Å². The van der Waals surface area contributed by atoms with Crippen molar-refractivity contribution in [1.82, 2.24) is 15.1 Å². The molecule has 7 heteroatoms. The highest BCUT2D eigenvalue weighted by Crippen LogP contribution is 2.26. The van der Waals surface area contributed by atoms with E-state index in [2.05, 4.69) is 54.9 Å². The largest absolute Gasteiger partial charge is 0.494 e. The van der Waals surface area contributed by atoms with Gasteiger partial charge in [-0.2, -0.15) is 0 Å². The van der Waals surface area contributed by atoms with E-state index < -0.39 is 0 Å². The Labute approximate surface area is 207 Å². The Kier molecular flexibility index (Phi) is 7.85. The Morgan fingerprint density at radius 2 is 1.49 bits per heavy atom. The van der Waals surface area contributed by atoms with Crippen LogP contribution in [-0.4, -0.2) is 60.4 Å². The van der Waals surface area contributed by atoms with Crippen LogP contribution < -0.4 is 14.4 Å². The predicted molar refractivity (Wildman–Crippen MR) is 138 cm³/mol. The van der Waals surface area contributed by atoms with E-state index in [0.29, 0.717) is 38.5 Å². The second-order valence-electron chi connectivity index (χ2n) is 9.00. The van der Waals surface area contributed by atoms with Crippen molar-refractivity contribution in [3.8, 4) is 22.8 Å². The number of piperazine rings is 1. The average molecular weight is 475 g/mol. The first kappa shape index (κ1) is 24.5. The lowest BCUT2D eigenvalue weighted by atomic mass is 9.99. The van der Waals surface area contributed by atoms with Crippen LogP contribution in [0.3, 0.4) is 0 Å². The molecule has 0 radical (unpaired) electrons. The van der Waals surface area contributed by atoms with Crippen LogP contribution in [-0.2, 0) is 4.79 Å². The number of hydrogen-bond acceptors (Lipinski definition) is 6. The van der Waals surface area contributed by atoms with Crippen molar-refractivity contribution in [1.29, 1.82) is 0 Å². The summed E-state index contributed by atoms with van der Waals surface area (Å²) in [6, 6.07) is 15.8. The van der Waals surface area contributed by atoms with E-state index >= 15 is 0 Å². The summed E-state index contributed by atoms with van der Waals surface area (Å²) < 4.78 is 11.3. The lowest BCUT2D eigenvalue weighted by Crippen LogP contribution is -2.50. The minimum Gasteiger partial charge on any atom is -0.494 e. The third kappa shape index (κ3) is 6.10. The van der Waals surface area contributed by atoms with Crippen LogP contribution in [0.25, 0.3) is 11.3 Å². The second kappa shape index (κ2) is 11.2. The maximum atomic E-state index is 12.6. The van der Waals surface area contributed by atoms with E-state index in [1.54, 1.807) is 0 Å². The van der Waals surface area contributed by atoms with Gasteiger partial charge in [0.15, 0.2) is 12.4 Å². The van der Waals surface area contributed by atoms with Gasteiger partial charge >= 0.3 is 0 Å². The number of amides is 1. The smallest absolute Gasteiger partial charge is 0.260 e. The topological polar surface area (TPSA) is 67.8 Å². The molecule has 7 nitrogen and oxygen atoms in total. The van der Waals surface area contributed by atoms with Crippen LogP contribution in [0.15, 0.2) is 48.5 Å². The van der Waals surface area contributed by atoms with E-state index in [9.17, 15) is 4.79 Å². The van der Waals surface area contributed by atoms with E-state index in [0.717, 1.165) is 29.2 Å². The monoisotopic (exact) mass is 474 g/mol. The number of anilines is 1. The summed E-state index contributed by atoms with van der Waals surface area (Å²) >= 11 is 0. The number of nitrogens with zero attached hydrogens (tertiary/aromatic N) is 4. The maximum Gasteiger partial charge on any atom is 0.260 e. The Bertz CT molecular complexity index is 1140. The molecule has 1 aromatic heterocycles. The van der Waals surface area contributed by atoms with Gasteiger partial charge in [0.05, 0.1) is 12.3 Å². The summed E-state index contributed by atoms with van der Waals surface area (Å²) in [6.45, 7) is 11.8. The van der Waals surface area contributed by atoms with Crippen molar-refractivity contribution in [2.45, 2.75) is 34.1 Å². The fourth-order valence-corrected chi connectivity index (χ4v) is 4.15. The second-order valence-corrected chi connectivity index (χ2v) is 9.00. The first-order valence-electron chi connectivity index (χ1n) is 12.2. The Balaban J connectivity index is 1.27. The molecule has 1 fully saturated rings. The normalized spacial score (nSPS) is 13.6. The first-order valence-corrected chi connectivity index (χ1v) is 12.2. The van der Waals surface area contributed by atoms with Gasteiger partial charge in [-0.05, 0) is 86.3 Å². The molecular formula is C28H34N4O3. The van der Waals surface area contributed by atoms with Crippen molar-refractivity contribution >= 4 is 11.7 Å². The Morgan fingerprint density at radius 1 is 0.829 bits per heavy atom. The summed E-state index contributed by atoms with van der Waals surface area (Å²) in [7, 11) is 0. The Hall–Kier alpha value is -3.61. The van der Waals surface area contributed by atoms with Crippen LogP contribution in [0.1, 0.15) is 30.0 Å². The van der Waals surface area contributed by atoms with Gasteiger partial charge in [-0.1, -0.05) is 13.0 Å². The Morgan fingerprint density at radius 3 is 2.11 bits per heavy atom. The average Bonchev–Trinajstić information content (AvgIpc) is 2.89. The number of hydrogen-bond donors (Lipinski definition) is 0. The molecule has 0 atom stereocenters. The molecule has 1 amide bonds. The summed E-state index contributed by atoms with van der Waals surface area (Å²) in [4.78, 5) is 16.7. The van der Waals surface area contributed by atoms with E-state index in [1.165, 1.54) is 16.7 Å². The van der Waals surface area contributed by atoms with Crippen LogP contribution in [0.4, 0.5) is 5.82 Å². The van der Waals surface area contributed by atoms with E-state index in [-0.39, 0.29) is 12.5 Å². The molecule has 1 aliphatic heterocycles. The molecule has 184 valence electrons. The lowest BCUT2D eigenvalue weighted by molar-refractivity contribution is -0.133. The molecule has 2 heterocycles. The molecular weight excluding hydrogens is 440 g/mol. The highest BCUT2D eigenvalue weighted by atomic mass is 16.5. The molecule has 0 unspecified atom stereocenters. The summed E-state index contributed by atoms with van der Waals surface area (Å²) in [6.07, 6.45) is 0.963. The van der Waals surface area contributed by atoms with Gasteiger partial charge in [0.1, 0.15) is 11.5 Å². The van der Waals surface area contributed by atoms with Crippen molar-refractivity contribution in [3.05, 3.63) is 65.2 Å². The third-order valence-electron chi connectivity index (χ3n) is 6.38. The molecule has 1 saturated heterocycles. The van der Waals surface area contributed by atoms with Gasteiger partial charge in [0, 0.05) is 31.7 Å². The summed E-state index contributed by atoms with van der Waals surface area (Å²) in [5.74, 6) is 2.30. The molecule has 3 aromatic rings. The summed E-state index contributed by atoms with van der Waals surface area (Å²) in [5.41, 5.74) is 5.73. The van der Waals surface area contributed by atoms with Crippen molar-refractivity contribution in [2.75, 3.05) is 44.3 Å². The molecule has 35 heavy (non-hydrogen) atoms. The zero-order valence-electron chi connectivity index (χ0n) is 21.1. The fourth-order valence-electron chi connectivity index (χ4n) is 4.15. The van der Waals surface area contributed by atoms with Crippen molar-refractivity contribution < 1.29 is 14.3 Å². The van der Waals surface area contributed by atoms with Crippen LogP contribution in [0, 0.1) is 20.8 Å². The van der Waals surface area contributed by atoms with Gasteiger partial charge < -0.3 is 19.3 Å². The minimum atomic E-state index is -0.0115. The molecule has 0 bridgehead atoms. The van der Waals surface area contributed by atoms with Gasteiger partial charge in [0.25, 0.3) is 5.91 Å². The number of benzene rings is 2. The zero-order valence-corrected chi connectivity index (χ0v) is 21.1. The minimum absolute atomic E-state index is 0.0115. The maximum absolute atomic E-state index is 12.6. The van der Waals surface area contributed by atoms with Crippen LogP contribution >= 0.6 is 0 Å². The molecule has 0 spiro atoms. The summed E-state index contributed by atoms with van der Waals surface area (Å²) in [5, 5.41) is 8.98.